The summed E-state index contributed by atoms with van der Waals surface area (Å²) in [5.74, 6) is -0.950. The maximum atomic E-state index is 13.4. The Morgan fingerprint density at radius 3 is 2.11 bits per heavy atom. The zero-order valence-corrected chi connectivity index (χ0v) is 21.3. The van der Waals surface area contributed by atoms with Crippen molar-refractivity contribution < 1.29 is 34.0 Å². The summed E-state index contributed by atoms with van der Waals surface area (Å²) in [7, 11) is 4.35. The standard InChI is InChI=1S/C29H29NO7/c1-16(2)17-6-9-19(10-7-17)30-26(18-8-13-23(36-4)22(31)14-18)25(28(33)29(30)34)27(32)21-12-11-20(35-3)15-24(21)37-5/h6-16,26,31-32H,1-5H3/b27-25-. The van der Waals surface area contributed by atoms with Gasteiger partial charge in [0.05, 0.1) is 38.5 Å². The summed E-state index contributed by atoms with van der Waals surface area (Å²) < 4.78 is 15.8. The first kappa shape index (κ1) is 25.6. The Labute approximate surface area is 215 Å². The van der Waals surface area contributed by atoms with E-state index in [-0.39, 0.29) is 34.3 Å². The number of anilines is 1. The van der Waals surface area contributed by atoms with E-state index in [0.717, 1.165) is 5.56 Å². The van der Waals surface area contributed by atoms with E-state index in [0.29, 0.717) is 17.0 Å². The summed E-state index contributed by atoms with van der Waals surface area (Å²) in [5, 5.41) is 21.9. The number of rotatable bonds is 7. The SMILES string of the molecule is COc1ccc(/C(O)=C2/C(=O)C(=O)N(c3ccc(C(C)C)cc3)C2c2ccc(OC)c(O)c2)c(OC)c1. The number of Topliss-reactive ketones (excluding diaryl/α,β-unsaturated/α-hetero) is 1. The highest BCUT2D eigenvalue weighted by atomic mass is 16.5. The maximum Gasteiger partial charge on any atom is 0.300 e. The predicted octanol–water partition coefficient (Wildman–Crippen LogP) is 5.17. The van der Waals surface area contributed by atoms with E-state index in [1.807, 2.05) is 12.1 Å². The second kappa shape index (κ2) is 10.3. The first-order valence-electron chi connectivity index (χ1n) is 11.7. The third-order valence-electron chi connectivity index (χ3n) is 6.46. The number of phenols is 1. The summed E-state index contributed by atoms with van der Waals surface area (Å²) in [6, 6.07) is 15.7. The third-order valence-corrected chi connectivity index (χ3v) is 6.46. The fourth-order valence-corrected chi connectivity index (χ4v) is 4.45. The Morgan fingerprint density at radius 1 is 0.865 bits per heavy atom. The molecule has 1 unspecified atom stereocenters. The number of ketones is 1. The van der Waals surface area contributed by atoms with Gasteiger partial charge < -0.3 is 24.4 Å². The lowest BCUT2D eigenvalue weighted by molar-refractivity contribution is -0.132. The number of ether oxygens (including phenoxy) is 3. The van der Waals surface area contributed by atoms with Gasteiger partial charge in [-0.2, -0.15) is 0 Å². The van der Waals surface area contributed by atoms with Crippen LogP contribution in [0.5, 0.6) is 23.0 Å². The van der Waals surface area contributed by atoms with Gasteiger partial charge in [0, 0.05) is 11.8 Å². The molecule has 0 bridgehead atoms. The van der Waals surface area contributed by atoms with E-state index in [2.05, 4.69) is 13.8 Å². The Morgan fingerprint density at radius 2 is 1.54 bits per heavy atom. The van der Waals surface area contributed by atoms with Gasteiger partial charge in [0.1, 0.15) is 17.3 Å². The van der Waals surface area contributed by atoms with Gasteiger partial charge in [0.15, 0.2) is 11.5 Å². The van der Waals surface area contributed by atoms with Crippen LogP contribution in [0, 0.1) is 0 Å². The molecule has 1 amide bonds. The van der Waals surface area contributed by atoms with E-state index in [4.69, 9.17) is 14.2 Å². The average Bonchev–Trinajstić information content (AvgIpc) is 3.17. The number of amides is 1. The van der Waals surface area contributed by atoms with Crippen LogP contribution in [-0.4, -0.2) is 43.2 Å². The lowest BCUT2D eigenvalue weighted by atomic mass is 9.94. The Kier molecular flexibility index (Phi) is 7.11. The minimum Gasteiger partial charge on any atom is -0.507 e. The van der Waals surface area contributed by atoms with E-state index in [9.17, 15) is 19.8 Å². The Balaban J connectivity index is 1.95. The molecule has 1 aliphatic rings. The molecule has 2 N–H and O–H groups in total. The molecular weight excluding hydrogens is 474 g/mol. The van der Waals surface area contributed by atoms with Crippen LogP contribution in [0.25, 0.3) is 5.76 Å². The highest BCUT2D eigenvalue weighted by Gasteiger charge is 2.47. The molecule has 8 heteroatoms. The number of hydrogen-bond donors (Lipinski definition) is 2. The number of nitrogens with zero attached hydrogens (tertiary/aromatic N) is 1. The van der Waals surface area contributed by atoms with E-state index >= 15 is 0 Å². The molecule has 1 fully saturated rings. The molecule has 8 nitrogen and oxygen atoms in total. The molecule has 0 aromatic heterocycles. The van der Waals surface area contributed by atoms with Crippen LogP contribution >= 0.6 is 0 Å². The van der Waals surface area contributed by atoms with Crippen LogP contribution in [0.4, 0.5) is 5.69 Å². The molecular formula is C29H29NO7. The number of aliphatic hydroxyl groups excluding tert-OH is 1. The summed E-state index contributed by atoms with van der Waals surface area (Å²) in [6.07, 6.45) is 0. The Hall–Kier alpha value is -4.46. The monoisotopic (exact) mass is 503 g/mol. The number of aliphatic hydroxyl groups is 1. The normalized spacial score (nSPS) is 16.8. The Bertz CT molecular complexity index is 1380. The van der Waals surface area contributed by atoms with E-state index in [1.54, 1.807) is 42.5 Å². The van der Waals surface area contributed by atoms with Crippen molar-refractivity contribution in [2.24, 2.45) is 0 Å². The quantitative estimate of drug-likeness (QED) is 0.260. The molecule has 1 atom stereocenters. The van der Waals surface area contributed by atoms with Crippen molar-refractivity contribution >= 4 is 23.1 Å². The molecule has 37 heavy (non-hydrogen) atoms. The molecule has 3 aromatic carbocycles. The van der Waals surface area contributed by atoms with Crippen LogP contribution in [0.15, 0.2) is 66.2 Å². The third kappa shape index (κ3) is 4.58. The summed E-state index contributed by atoms with van der Waals surface area (Å²) in [5.41, 5.74) is 2.05. The van der Waals surface area contributed by atoms with Crippen molar-refractivity contribution in [3.63, 3.8) is 0 Å². The van der Waals surface area contributed by atoms with Crippen molar-refractivity contribution in [2.75, 3.05) is 26.2 Å². The van der Waals surface area contributed by atoms with Gasteiger partial charge >= 0.3 is 0 Å². The molecule has 3 aromatic rings. The number of aromatic hydroxyl groups is 1. The zero-order chi connectivity index (χ0) is 26.9. The molecule has 0 aliphatic carbocycles. The summed E-state index contributed by atoms with van der Waals surface area (Å²) >= 11 is 0. The van der Waals surface area contributed by atoms with Crippen LogP contribution in [0.2, 0.25) is 0 Å². The highest BCUT2D eigenvalue weighted by Crippen LogP contribution is 2.45. The second-order valence-corrected chi connectivity index (χ2v) is 8.91. The summed E-state index contributed by atoms with van der Waals surface area (Å²) in [6.45, 7) is 4.12. The lowest BCUT2D eigenvalue weighted by Crippen LogP contribution is -2.29. The number of phenolic OH excluding ortho intramolecular Hbond substituents is 1. The van der Waals surface area contributed by atoms with Gasteiger partial charge in [-0.15, -0.1) is 0 Å². The summed E-state index contributed by atoms with van der Waals surface area (Å²) in [4.78, 5) is 28.2. The molecule has 0 spiro atoms. The molecule has 1 aliphatic heterocycles. The average molecular weight is 504 g/mol. The largest absolute Gasteiger partial charge is 0.507 e. The van der Waals surface area contributed by atoms with Gasteiger partial charge in [-0.3, -0.25) is 14.5 Å². The maximum absolute atomic E-state index is 13.4. The van der Waals surface area contributed by atoms with Crippen molar-refractivity contribution in [2.45, 2.75) is 25.8 Å². The minimum absolute atomic E-state index is 0.133. The fraction of sp³-hybridized carbons (Fsp3) is 0.241. The second-order valence-electron chi connectivity index (χ2n) is 8.91. The van der Waals surface area contributed by atoms with Crippen LogP contribution in [-0.2, 0) is 9.59 Å². The first-order chi connectivity index (χ1) is 17.7. The van der Waals surface area contributed by atoms with Gasteiger partial charge in [-0.1, -0.05) is 32.0 Å². The molecule has 1 saturated heterocycles. The smallest absolute Gasteiger partial charge is 0.300 e. The van der Waals surface area contributed by atoms with Gasteiger partial charge in [0.2, 0.25) is 0 Å². The lowest BCUT2D eigenvalue weighted by Gasteiger charge is -2.26. The van der Waals surface area contributed by atoms with Gasteiger partial charge in [-0.25, -0.2) is 0 Å². The van der Waals surface area contributed by atoms with Crippen LogP contribution in [0.1, 0.15) is 42.5 Å². The fourth-order valence-electron chi connectivity index (χ4n) is 4.45. The number of benzene rings is 3. The number of methoxy groups -OCH3 is 3. The number of carbonyl (C=O) groups excluding carboxylic acids is 2. The van der Waals surface area contributed by atoms with Crippen molar-refractivity contribution in [3.8, 4) is 23.0 Å². The predicted molar refractivity (Wildman–Crippen MR) is 140 cm³/mol. The van der Waals surface area contributed by atoms with Gasteiger partial charge in [0.25, 0.3) is 11.7 Å². The molecule has 4 rings (SSSR count). The van der Waals surface area contributed by atoms with E-state index < -0.39 is 23.5 Å². The minimum atomic E-state index is -1.02. The highest BCUT2D eigenvalue weighted by molar-refractivity contribution is 6.51. The number of carbonyl (C=O) groups is 2. The molecule has 1 heterocycles. The topological polar surface area (TPSA) is 106 Å². The van der Waals surface area contributed by atoms with Crippen LogP contribution in [0.3, 0.4) is 0 Å². The molecule has 192 valence electrons. The molecule has 0 radical (unpaired) electrons. The van der Waals surface area contributed by atoms with Crippen molar-refractivity contribution in [3.05, 3.63) is 82.9 Å². The molecule has 0 saturated carbocycles. The zero-order valence-electron chi connectivity index (χ0n) is 21.3. The first-order valence-corrected chi connectivity index (χ1v) is 11.7. The number of hydrogen-bond acceptors (Lipinski definition) is 7. The van der Waals surface area contributed by atoms with E-state index in [1.165, 1.54) is 32.3 Å². The van der Waals surface area contributed by atoms with Crippen molar-refractivity contribution in [1.82, 2.24) is 0 Å². The van der Waals surface area contributed by atoms with Crippen LogP contribution < -0.4 is 19.1 Å². The van der Waals surface area contributed by atoms with Gasteiger partial charge in [-0.05, 0) is 53.4 Å². The van der Waals surface area contributed by atoms with Crippen molar-refractivity contribution in [1.29, 1.82) is 0 Å².